The lowest BCUT2D eigenvalue weighted by molar-refractivity contribution is 0.912. The summed E-state index contributed by atoms with van der Waals surface area (Å²) in [7, 11) is 0.815. The van der Waals surface area contributed by atoms with Gasteiger partial charge >= 0.3 is 0 Å². The molecule has 2 aliphatic rings. The Labute approximate surface area is 119 Å². The van der Waals surface area contributed by atoms with Crippen molar-refractivity contribution >= 4 is 13.9 Å². The van der Waals surface area contributed by atoms with Crippen molar-refractivity contribution < 1.29 is 0 Å². The molecule has 0 amide bonds. The fourth-order valence-electron chi connectivity index (χ4n) is 2.55. The van der Waals surface area contributed by atoms with Crippen molar-refractivity contribution in [2.45, 2.75) is 33.6 Å². The molecule has 1 aliphatic heterocycles. The van der Waals surface area contributed by atoms with Crippen LogP contribution in [0, 0.1) is 5.92 Å². The molecule has 3 rings (SSSR count). The fourth-order valence-corrected chi connectivity index (χ4v) is 4.08. The van der Waals surface area contributed by atoms with Gasteiger partial charge in [0.25, 0.3) is 0 Å². The Bertz CT molecular complexity index is 534. The highest BCUT2D eigenvalue weighted by molar-refractivity contribution is 7.52. The van der Waals surface area contributed by atoms with E-state index in [9.17, 15) is 0 Å². The molecule has 1 heteroatoms. The number of rotatable bonds is 0. The van der Waals surface area contributed by atoms with E-state index in [2.05, 4.69) is 62.4 Å². The van der Waals surface area contributed by atoms with Gasteiger partial charge in [0, 0.05) is 5.92 Å². The van der Waals surface area contributed by atoms with Gasteiger partial charge in [-0.3, -0.25) is 0 Å². The van der Waals surface area contributed by atoms with Crippen molar-refractivity contribution in [3.05, 3.63) is 65.0 Å². The zero-order chi connectivity index (χ0) is 13.8. The molecule has 0 saturated heterocycles. The molecule has 100 valence electrons. The summed E-state index contributed by atoms with van der Waals surface area (Å²) in [4.78, 5) is 0. The van der Waals surface area contributed by atoms with E-state index in [1.807, 2.05) is 13.8 Å². The predicted octanol–water partition coefficient (Wildman–Crippen LogP) is 5.15. The molecule has 0 aromatic heterocycles. The molecule has 0 N–H and O–H groups in total. The van der Waals surface area contributed by atoms with Gasteiger partial charge in [-0.05, 0) is 27.7 Å². The Balaban J connectivity index is 0.000000637. The third kappa shape index (κ3) is 2.90. The molecule has 1 aromatic rings. The van der Waals surface area contributed by atoms with Crippen LogP contribution < -0.4 is 5.30 Å². The second kappa shape index (κ2) is 6.35. The molecule has 0 bridgehead atoms. The van der Waals surface area contributed by atoms with Gasteiger partial charge in [-0.15, -0.1) is 0 Å². The highest BCUT2D eigenvalue weighted by atomic mass is 31.1. The van der Waals surface area contributed by atoms with Gasteiger partial charge in [0.2, 0.25) is 0 Å². The van der Waals surface area contributed by atoms with Crippen molar-refractivity contribution in [2.75, 3.05) is 0 Å². The average molecular weight is 270 g/mol. The number of hydrogen-bond donors (Lipinski definition) is 0. The van der Waals surface area contributed by atoms with Gasteiger partial charge in [-0.2, -0.15) is 0 Å². The molecular weight excluding hydrogens is 247 g/mol. The molecule has 0 nitrogen and oxygen atoms in total. The minimum Gasteiger partial charge on any atom is -0.0776 e. The van der Waals surface area contributed by atoms with Crippen LogP contribution in [0.1, 0.15) is 39.2 Å². The third-order valence-electron chi connectivity index (χ3n) is 3.62. The van der Waals surface area contributed by atoms with Crippen LogP contribution in [-0.4, -0.2) is 0 Å². The Morgan fingerprint density at radius 3 is 2.42 bits per heavy atom. The van der Waals surface area contributed by atoms with Crippen LogP contribution in [0.4, 0.5) is 0 Å². The number of benzene rings is 1. The van der Waals surface area contributed by atoms with Gasteiger partial charge in [-0.1, -0.05) is 84.8 Å². The van der Waals surface area contributed by atoms with Crippen LogP contribution in [-0.2, 0) is 0 Å². The first kappa shape index (κ1) is 14.3. The van der Waals surface area contributed by atoms with Crippen molar-refractivity contribution in [3.8, 4) is 0 Å². The highest BCUT2D eigenvalue weighted by Gasteiger charge is 2.22. The molecule has 1 aliphatic carbocycles. The minimum absolute atomic E-state index is 0.536. The Morgan fingerprint density at radius 1 is 0.947 bits per heavy atom. The molecule has 0 saturated carbocycles. The van der Waals surface area contributed by atoms with Gasteiger partial charge in [-0.25, -0.2) is 0 Å². The van der Waals surface area contributed by atoms with E-state index >= 15 is 0 Å². The van der Waals surface area contributed by atoms with E-state index in [1.54, 1.807) is 0 Å². The van der Waals surface area contributed by atoms with E-state index in [1.165, 1.54) is 21.8 Å². The monoisotopic (exact) mass is 270 g/mol. The number of allylic oxidation sites excluding steroid dienone is 6. The maximum absolute atomic E-state index is 2.34. The van der Waals surface area contributed by atoms with Crippen LogP contribution in [0.25, 0.3) is 0 Å². The fraction of sp³-hybridized carbons (Fsp3) is 0.333. The van der Waals surface area contributed by atoms with Crippen molar-refractivity contribution in [1.29, 1.82) is 0 Å². The number of fused-ring (bicyclic) bond motifs is 1. The lowest BCUT2D eigenvalue weighted by atomic mass is 9.91. The summed E-state index contributed by atoms with van der Waals surface area (Å²) >= 11 is 0. The molecule has 1 heterocycles. The Morgan fingerprint density at radius 2 is 1.63 bits per heavy atom. The second-order valence-corrected chi connectivity index (χ2v) is 6.21. The summed E-state index contributed by atoms with van der Waals surface area (Å²) in [5, 5.41) is 3.04. The van der Waals surface area contributed by atoms with Crippen LogP contribution in [0.3, 0.4) is 0 Å². The molecule has 0 radical (unpaired) electrons. The molecule has 3 atom stereocenters. The molecule has 19 heavy (non-hydrogen) atoms. The summed E-state index contributed by atoms with van der Waals surface area (Å²) in [6.07, 6.45) is 9.30. The zero-order valence-corrected chi connectivity index (χ0v) is 13.3. The molecular formula is C18H23P. The topological polar surface area (TPSA) is 0 Å². The summed E-state index contributed by atoms with van der Waals surface area (Å²) in [6, 6.07) is 8.87. The summed E-state index contributed by atoms with van der Waals surface area (Å²) in [6.45, 7) is 8.57. The van der Waals surface area contributed by atoms with E-state index in [0.29, 0.717) is 11.8 Å². The quantitative estimate of drug-likeness (QED) is 0.572. The van der Waals surface area contributed by atoms with Gasteiger partial charge < -0.3 is 0 Å². The highest BCUT2D eigenvalue weighted by Crippen LogP contribution is 2.43. The minimum atomic E-state index is 0.536. The largest absolute Gasteiger partial charge is 0.0776 e. The Kier molecular flexibility index (Phi) is 4.77. The van der Waals surface area contributed by atoms with E-state index in [4.69, 9.17) is 0 Å². The maximum atomic E-state index is 2.34. The zero-order valence-electron chi connectivity index (χ0n) is 12.3. The molecule has 0 spiro atoms. The van der Waals surface area contributed by atoms with Crippen LogP contribution >= 0.6 is 8.58 Å². The van der Waals surface area contributed by atoms with Gasteiger partial charge in [0.05, 0.1) is 0 Å². The van der Waals surface area contributed by atoms with Crippen molar-refractivity contribution in [2.24, 2.45) is 5.92 Å². The number of hydrogen-bond acceptors (Lipinski definition) is 0. The molecule has 2 unspecified atom stereocenters. The second-order valence-electron chi connectivity index (χ2n) is 4.88. The smallest absolute Gasteiger partial charge is 0.00735 e. The summed E-state index contributed by atoms with van der Waals surface area (Å²) < 4.78 is 0. The van der Waals surface area contributed by atoms with Crippen LogP contribution in [0.2, 0.25) is 0 Å². The average Bonchev–Trinajstić information content (AvgIpc) is 2.64. The Hall–Kier alpha value is -1.13. The van der Waals surface area contributed by atoms with Crippen molar-refractivity contribution in [3.63, 3.8) is 0 Å². The van der Waals surface area contributed by atoms with Crippen LogP contribution in [0.15, 0.2) is 59.5 Å². The first-order valence-corrected chi connectivity index (χ1v) is 8.22. The first-order chi connectivity index (χ1) is 9.25. The summed E-state index contributed by atoms with van der Waals surface area (Å²) in [5.74, 6) is 1.09. The van der Waals surface area contributed by atoms with Crippen LogP contribution in [0.5, 0.6) is 0 Å². The molecule has 1 aromatic carbocycles. The van der Waals surface area contributed by atoms with E-state index in [0.717, 1.165) is 8.58 Å². The standard InChI is InChI=1S/C16H17P.C2H6/c1-11-7-9-14-12(2)13-5-3-4-6-15(13)17-16(14)10-8-11;1-2/h3-12,17H,1-2H3;1-2H3/t11-,12?;/m0./s1. The SMILES string of the molecule is CC.CC1C2=C(C=C[C@@H](C)C=C2)Pc2ccccc21. The lowest BCUT2D eigenvalue weighted by Gasteiger charge is -2.25. The molecule has 0 fully saturated rings. The van der Waals surface area contributed by atoms with E-state index < -0.39 is 0 Å². The van der Waals surface area contributed by atoms with Gasteiger partial charge in [0.15, 0.2) is 0 Å². The predicted molar refractivity (Wildman–Crippen MR) is 88.6 cm³/mol. The lowest BCUT2D eigenvalue weighted by Crippen LogP contribution is -2.14. The van der Waals surface area contributed by atoms with Crippen molar-refractivity contribution in [1.82, 2.24) is 0 Å². The first-order valence-electron chi connectivity index (χ1n) is 7.22. The van der Waals surface area contributed by atoms with Gasteiger partial charge in [0.1, 0.15) is 0 Å². The van der Waals surface area contributed by atoms with E-state index in [-0.39, 0.29) is 0 Å². The summed E-state index contributed by atoms with van der Waals surface area (Å²) in [5.41, 5.74) is 3.03. The third-order valence-corrected chi connectivity index (χ3v) is 5.07. The normalized spacial score (nSPS) is 25.3. The maximum Gasteiger partial charge on any atom is 0.00735 e.